The second-order valence-corrected chi connectivity index (χ2v) is 1.90. The monoisotopic (exact) mass is 127 g/mol. The molecule has 0 bridgehead atoms. The van der Waals surface area contributed by atoms with Crippen molar-refractivity contribution in [3.63, 3.8) is 0 Å². The van der Waals surface area contributed by atoms with Gasteiger partial charge in [-0.15, -0.1) is 0 Å². The Balaban J connectivity index is 2.90. The lowest BCUT2D eigenvalue weighted by molar-refractivity contribution is -0.136. The van der Waals surface area contributed by atoms with E-state index < -0.39 is 23.5 Å². The average molecular weight is 127 g/mol. The third-order valence-corrected chi connectivity index (χ3v) is 1.25. The summed E-state index contributed by atoms with van der Waals surface area (Å²) in [6, 6.07) is 0. The van der Waals surface area contributed by atoms with Crippen molar-refractivity contribution >= 4 is 17.6 Å². The largest absolute Gasteiger partial charge is 0.294 e. The van der Waals surface area contributed by atoms with Crippen molar-refractivity contribution in [2.45, 2.75) is 6.92 Å². The molecule has 1 rings (SSSR count). The molecule has 4 heteroatoms. The molecule has 4 nitrogen and oxygen atoms in total. The van der Waals surface area contributed by atoms with E-state index in [1.165, 1.54) is 6.92 Å². The molecule has 0 aliphatic carbocycles. The van der Waals surface area contributed by atoms with Gasteiger partial charge in [-0.3, -0.25) is 19.7 Å². The maximum atomic E-state index is 10.5. The molecule has 1 heterocycles. The Bertz CT molecular complexity index is 196. The van der Waals surface area contributed by atoms with Crippen molar-refractivity contribution in [1.82, 2.24) is 5.32 Å². The zero-order valence-electron chi connectivity index (χ0n) is 4.80. The highest BCUT2D eigenvalue weighted by Gasteiger charge is 2.36. The number of amides is 2. The maximum absolute atomic E-state index is 10.5. The fourth-order valence-corrected chi connectivity index (χ4v) is 0.597. The molecule has 0 spiro atoms. The zero-order valence-corrected chi connectivity index (χ0v) is 4.80. The van der Waals surface area contributed by atoms with E-state index in [1.807, 2.05) is 5.32 Å². The fraction of sp³-hybridized carbons (Fsp3) is 0.400. The molecule has 0 aromatic carbocycles. The van der Waals surface area contributed by atoms with Crippen LogP contribution in [-0.4, -0.2) is 17.6 Å². The highest BCUT2D eigenvalue weighted by Crippen LogP contribution is 2.03. The summed E-state index contributed by atoms with van der Waals surface area (Å²) in [5, 5.41) is 1.89. The van der Waals surface area contributed by atoms with Crippen LogP contribution in [0.1, 0.15) is 6.92 Å². The summed E-state index contributed by atoms with van der Waals surface area (Å²) >= 11 is 0. The summed E-state index contributed by atoms with van der Waals surface area (Å²) < 4.78 is 0. The Morgan fingerprint density at radius 2 is 1.89 bits per heavy atom. The minimum Gasteiger partial charge on any atom is -0.289 e. The lowest BCUT2D eigenvalue weighted by Gasteiger charge is -1.87. The summed E-state index contributed by atoms with van der Waals surface area (Å²) in [4.78, 5) is 31.2. The molecule has 0 saturated carbocycles. The smallest absolute Gasteiger partial charge is 0.289 e. The van der Waals surface area contributed by atoms with Gasteiger partial charge >= 0.3 is 0 Å². The van der Waals surface area contributed by atoms with Gasteiger partial charge in [0.1, 0.15) is 5.92 Å². The van der Waals surface area contributed by atoms with E-state index >= 15 is 0 Å². The number of ketones is 1. The number of nitrogens with one attached hydrogen (secondary N) is 1. The number of imide groups is 1. The van der Waals surface area contributed by atoms with Crippen LogP contribution >= 0.6 is 0 Å². The molecule has 2 amide bonds. The first-order valence-electron chi connectivity index (χ1n) is 2.52. The SMILES string of the molecule is CC1C(=O)NC(=O)C1=O. The van der Waals surface area contributed by atoms with Crippen LogP contribution in [0, 0.1) is 5.92 Å². The molecule has 0 radical (unpaired) electrons. The van der Waals surface area contributed by atoms with E-state index in [0.29, 0.717) is 0 Å². The number of carbonyl (C=O) groups is 3. The lowest BCUT2D eigenvalue weighted by atomic mass is 10.1. The van der Waals surface area contributed by atoms with Gasteiger partial charge in [0.2, 0.25) is 11.7 Å². The molecule has 1 aliphatic heterocycles. The fourth-order valence-electron chi connectivity index (χ4n) is 0.597. The van der Waals surface area contributed by atoms with Gasteiger partial charge in [-0.1, -0.05) is 0 Å². The van der Waals surface area contributed by atoms with Gasteiger partial charge in [0.05, 0.1) is 0 Å². The predicted molar refractivity (Wildman–Crippen MR) is 27.3 cm³/mol. The van der Waals surface area contributed by atoms with E-state index in [-0.39, 0.29) is 0 Å². The quantitative estimate of drug-likeness (QED) is 0.254. The van der Waals surface area contributed by atoms with Crippen LogP contribution in [0.15, 0.2) is 0 Å². The molecule has 48 valence electrons. The van der Waals surface area contributed by atoms with Crippen LogP contribution in [0.5, 0.6) is 0 Å². The third-order valence-electron chi connectivity index (χ3n) is 1.25. The molecule has 1 aliphatic rings. The Morgan fingerprint density at radius 3 is 2.00 bits per heavy atom. The number of hydrogen-bond acceptors (Lipinski definition) is 3. The van der Waals surface area contributed by atoms with Crippen molar-refractivity contribution in [3.05, 3.63) is 0 Å². The van der Waals surface area contributed by atoms with E-state index in [0.717, 1.165) is 0 Å². The Hall–Kier alpha value is -1.19. The van der Waals surface area contributed by atoms with Crippen LogP contribution < -0.4 is 5.32 Å². The first kappa shape index (κ1) is 5.94. The third kappa shape index (κ3) is 0.718. The standard InChI is InChI=1S/C5H5NO3/c1-2-3(7)5(9)6-4(2)8/h2H,1H3,(H,6,8,9). The summed E-state index contributed by atoms with van der Waals surface area (Å²) in [5.41, 5.74) is 0. The molecule has 1 N–H and O–H groups in total. The van der Waals surface area contributed by atoms with E-state index in [2.05, 4.69) is 0 Å². The lowest BCUT2D eigenvalue weighted by Crippen LogP contribution is -2.21. The minimum absolute atomic E-state index is 0.495. The van der Waals surface area contributed by atoms with E-state index in [9.17, 15) is 14.4 Å². The highest BCUT2D eigenvalue weighted by molar-refractivity contribution is 6.47. The number of Topliss-reactive ketones (excluding diaryl/α,β-unsaturated/α-hetero) is 1. The van der Waals surface area contributed by atoms with E-state index in [1.54, 1.807) is 0 Å². The number of hydrogen-bond donors (Lipinski definition) is 1. The first-order valence-corrected chi connectivity index (χ1v) is 2.52. The topological polar surface area (TPSA) is 63.2 Å². The van der Waals surface area contributed by atoms with Crippen molar-refractivity contribution < 1.29 is 14.4 Å². The second-order valence-electron chi connectivity index (χ2n) is 1.90. The van der Waals surface area contributed by atoms with Crippen LogP contribution in [-0.2, 0) is 14.4 Å². The van der Waals surface area contributed by atoms with Gasteiger partial charge in [0.15, 0.2) is 0 Å². The van der Waals surface area contributed by atoms with E-state index in [4.69, 9.17) is 0 Å². The van der Waals surface area contributed by atoms with Crippen LogP contribution in [0.3, 0.4) is 0 Å². The van der Waals surface area contributed by atoms with Gasteiger partial charge in [-0.05, 0) is 6.92 Å². The first-order chi connectivity index (χ1) is 4.13. The van der Waals surface area contributed by atoms with Crippen LogP contribution in [0.2, 0.25) is 0 Å². The van der Waals surface area contributed by atoms with Crippen molar-refractivity contribution in [2.24, 2.45) is 5.92 Å². The summed E-state index contributed by atoms with van der Waals surface area (Å²) in [5.74, 6) is -2.70. The predicted octanol–water partition coefficient (Wildman–Crippen LogP) is -1.15. The molecule has 0 aromatic heterocycles. The van der Waals surface area contributed by atoms with Gasteiger partial charge in [0, 0.05) is 0 Å². The average Bonchev–Trinajstić information content (AvgIpc) is 1.98. The molecular weight excluding hydrogens is 122 g/mol. The van der Waals surface area contributed by atoms with Gasteiger partial charge in [-0.2, -0.15) is 0 Å². The maximum Gasteiger partial charge on any atom is 0.294 e. The summed E-state index contributed by atoms with van der Waals surface area (Å²) in [7, 11) is 0. The summed E-state index contributed by atoms with van der Waals surface area (Å²) in [6.07, 6.45) is 0. The molecule has 0 aromatic rings. The Morgan fingerprint density at radius 1 is 1.33 bits per heavy atom. The molecular formula is C5H5NO3. The van der Waals surface area contributed by atoms with Crippen molar-refractivity contribution in [3.8, 4) is 0 Å². The zero-order chi connectivity index (χ0) is 7.02. The Labute approximate surface area is 51.2 Å². The number of rotatable bonds is 0. The highest BCUT2D eigenvalue weighted by atomic mass is 16.2. The molecule has 1 fully saturated rings. The van der Waals surface area contributed by atoms with Gasteiger partial charge in [-0.25, -0.2) is 0 Å². The van der Waals surface area contributed by atoms with Gasteiger partial charge < -0.3 is 0 Å². The molecule has 1 saturated heterocycles. The number of carbonyl (C=O) groups excluding carboxylic acids is 3. The van der Waals surface area contributed by atoms with Crippen molar-refractivity contribution in [1.29, 1.82) is 0 Å². The van der Waals surface area contributed by atoms with Crippen LogP contribution in [0.25, 0.3) is 0 Å². The van der Waals surface area contributed by atoms with Crippen molar-refractivity contribution in [2.75, 3.05) is 0 Å². The summed E-state index contributed by atoms with van der Waals surface area (Å²) in [6.45, 7) is 1.41. The molecule has 1 unspecified atom stereocenters. The minimum atomic E-state index is -0.785. The van der Waals surface area contributed by atoms with Gasteiger partial charge in [0.25, 0.3) is 5.91 Å². The van der Waals surface area contributed by atoms with Crippen LogP contribution in [0.4, 0.5) is 0 Å². The molecule has 1 atom stereocenters. The Kier molecular flexibility index (Phi) is 1.09. The molecule has 9 heavy (non-hydrogen) atoms. The second kappa shape index (κ2) is 1.65. The normalized spacial score (nSPS) is 26.8.